The van der Waals surface area contributed by atoms with E-state index in [1.807, 2.05) is 29.2 Å². The van der Waals surface area contributed by atoms with Crippen LogP contribution in [0.1, 0.15) is 176 Å². The molecule has 4 heterocycles. The van der Waals surface area contributed by atoms with Crippen molar-refractivity contribution in [1.29, 1.82) is 0 Å². The predicted octanol–water partition coefficient (Wildman–Crippen LogP) is 19.7. The zero-order chi connectivity index (χ0) is 90.3. The summed E-state index contributed by atoms with van der Waals surface area (Å²) in [4.78, 5) is 37.8. The van der Waals surface area contributed by atoms with Crippen molar-refractivity contribution in [2.24, 2.45) is 0 Å². The molecular formula is C109H152Cl2N6O13. The van der Waals surface area contributed by atoms with Gasteiger partial charge in [-0.3, -0.25) is 34.1 Å². The number of methoxy groups -OCH3 is 4. The van der Waals surface area contributed by atoms with Gasteiger partial charge in [0.1, 0.15) is 5.78 Å². The van der Waals surface area contributed by atoms with E-state index >= 15 is 0 Å². The number of rotatable bonds is 34. The summed E-state index contributed by atoms with van der Waals surface area (Å²) in [6, 6.07) is 60.1. The first-order valence-electron chi connectivity index (χ1n) is 49.6. The van der Waals surface area contributed by atoms with Gasteiger partial charge in [-0.05, 0) is 187 Å². The van der Waals surface area contributed by atoms with Crippen molar-refractivity contribution in [3.05, 3.63) is 202 Å². The second-order valence-electron chi connectivity index (χ2n) is 37.0. The Hall–Kier alpha value is -6.70. The smallest absolute Gasteiger partial charge is 0.219 e. The molecule has 0 radical (unpaired) electrons. The molecule has 10 atom stereocenters. The fourth-order valence-electron chi connectivity index (χ4n) is 21.3. The Morgan fingerprint density at radius 1 is 0.377 bits per heavy atom. The molecule has 8 aromatic carbocycles. The standard InChI is InChI=1S/C24H32N2O2.C24H35NO3.C22H27NO2.C21H33NO4.C18H25Cl2NO2/c1-19(27)25-13-15-26(16-14-25)23-8-4-5-9-24(23)28-17-12-20-10-11-21-6-2-3-7-22(21)18-20;1-26-17-14-25(15-18-27-2)23-9-5-6-10-24(23)28-16-13-20-11-12-21-7-3-4-8-22(21)19-20;24-19-12-14-23(16-19)21-10-3-4-11-22(21)25-15-13-18-8-5-7-17-6-1-2-9-20(17)18;1-23-20-10-9-17(16-21(20)24-2)6-5-13-26-19-8-4-3-7-18(19)22-11-14-25-15-12-22;19-15-6-5-14(13-16(15)20)7-10-23-18-4-2-1-3-17(18)21-8-11-22-12-9-21/h2-3,6-7,10-11,18,23-24H,4-5,8-9,12-17H2,1H3;3-4,7-8,11-12,19,23-24H,5-6,9-10,13-18H2,1-2H3;1-2,5-9,21-22H,3-4,10-16H2;9-10,16,18-19H,3-8,11-15H2,1-2H3;5-6,13,17-18H,1-4,7-12H2. The Kier molecular flexibility index (Phi) is 42.9. The van der Waals surface area contributed by atoms with E-state index in [1.165, 1.54) is 169 Å². The minimum Gasteiger partial charge on any atom is -0.493 e. The number of aryl methyl sites for hydroxylation is 1. The van der Waals surface area contributed by atoms with Crippen molar-refractivity contribution in [3.63, 3.8) is 0 Å². The minimum atomic E-state index is 0.200. The Labute approximate surface area is 787 Å². The second-order valence-corrected chi connectivity index (χ2v) is 37.8. The zero-order valence-electron chi connectivity index (χ0n) is 79.0. The van der Waals surface area contributed by atoms with E-state index in [4.69, 9.17) is 75.3 Å². The topological polar surface area (TPSA) is 155 Å². The number of piperazine rings is 1. The van der Waals surface area contributed by atoms with Crippen LogP contribution in [0.15, 0.2) is 164 Å². The van der Waals surface area contributed by atoms with Gasteiger partial charge in [-0.25, -0.2) is 0 Å². The first kappa shape index (κ1) is 101. The molecule has 5 aliphatic carbocycles. The number of carbonyl (C=O) groups excluding carboxylic acids is 2. The number of benzene rings is 8. The largest absolute Gasteiger partial charge is 0.493 e. The van der Waals surface area contributed by atoms with E-state index < -0.39 is 0 Å². The number of fused-ring (bicyclic) bond motifs is 3. The number of hydrogen-bond donors (Lipinski definition) is 0. The number of hydrogen-bond acceptors (Lipinski definition) is 18. The summed E-state index contributed by atoms with van der Waals surface area (Å²) in [5, 5.41) is 9.06. The summed E-state index contributed by atoms with van der Waals surface area (Å²) in [5.41, 5.74) is 6.50. The summed E-state index contributed by atoms with van der Waals surface area (Å²) in [7, 11) is 6.89. The van der Waals surface area contributed by atoms with Crippen molar-refractivity contribution in [2.75, 3.05) is 180 Å². The Morgan fingerprint density at radius 2 is 0.800 bits per heavy atom. The third kappa shape index (κ3) is 31.2. The van der Waals surface area contributed by atoms with Gasteiger partial charge in [0.2, 0.25) is 5.91 Å². The van der Waals surface area contributed by atoms with E-state index in [2.05, 4.69) is 164 Å². The van der Waals surface area contributed by atoms with Crippen molar-refractivity contribution >= 4 is 67.2 Å². The maximum atomic E-state index is 11.6. The average molecular weight is 1830 g/mol. The Balaban J connectivity index is 0.000000139. The highest BCUT2D eigenvalue weighted by Gasteiger charge is 2.38. The third-order valence-corrected chi connectivity index (χ3v) is 29.2. The molecule has 0 spiro atoms. The third-order valence-electron chi connectivity index (χ3n) is 28.5. The average Bonchev–Trinajstić information content (AvgIpc) is 1.23. The van der Waals surface area contributed by atoms with E-state index in [0.29, 0.717) is 77.0 Å². The second kappa shape index (κ2) is 55.4. The first-order chi connectivity index (χ1) is 63.9. The summed E-state index contributed by atoms with van der Waals surface area (Å²) >= 11 is 12.0. The number of carbonyl (C=O) groups is 2. The van der Waals surface area contributed by atoms with Crippen LogP contribution in [0.5, 0.6) is 11.5 Å². The SMILES string of the molecule is CC(=O)N1CCN(C2CCCCC2OCCc2ccc3ccccc3c2)CC1.COCCN(CCOC)C1CCCCC1OCCc1ccc2ccccc2c1.COc1ccc(CCCOC2CCCCC2N2CCOCC2)cc1OC.Clc1ccc(CCOC2CCCCC2N2CCOCC2)cc1Cl.O=C1CCN(C2CCCCC2OCCc2cccc3ccccc23)C1. The van der Waals surface area contributed by atoms with Crippen LogP contribution in [0, 0.1) is 0 Å². The molecule has 710 valence electrons. The molecule has 0 N–H and O–H groups in total. The van der Waals surface area contributed by atoms with Gasteiger partial charge < -0.3 is 57.0 Å². The number of amides is 1. The maximum Gasteiger partial charge on any atom is 0.219 e. The normalized spacial score (nSPS) is 23.8. The predicted molar refractivity (Wildman–Crippen MR) is 526 cm³/mol. The highest BCUT2D eigenvalue weighted by Crippen LogP contribution is 2.35. The van der Waals surface area contributed by atoms with Crippen LogP contribution in [0.3, 0.4) is 0 Å². The summed E-state index contributed by atoms with van der Waals surface area (Å²) < 4.78 is 64.1. The van der Waals surface area contributed by atoms with Crippen LogP contribution in [-0.2, 0) is 84.3 Å². The van der Waals surface area contributed by atoms with E-state index in [0.717, 1.165) is 220 Å². The fraction of sp³-hybridized carbons (Fsp3) is 0.596. The number of Topliss-reactive ketones (excluding diaryl/α,β-unsaturated/α-hetero) is 1. The number of nitrogens with zero attached hydrogens (tertiary/aromatic N) is 6. The summed E-state index contributed by atoms with van der Waals surface area (Å²) in [6.07, 6.45) is 32.9. The maximum absolute atomic E-state index is 11.6. The van der Waals surface area contributed by atoms with Gasteiger partial charge in [0.15, 0.2) is 11.5 Å². The Bertz CT molecular complexity index is 4610. The van der Waals surface area contributed by atoms with Gasteiger partial charge in [0.25, 0.3) is 0 Å². The lowest BCUT2D eigenvalue weighted by molar-refractivity contribution is -0.131. The molecule has 17 rings (SSSR count). The molecule has 10 unspecified atom stereocenters. The molecule has 8 aromatic rings. The van der Waals surface area contributed by atoms with Crippen molar-refractivity contribution in [3.8, 4) is 11.5 Å². The summed E-state index contributed by atoms with van der Waals surface area (Å²) in [5.74, 6) is 2.17. The van der Waals surface area contributed by atoms with Gasteiger partial charge in [-0.15, -0.1) is 0 Å². The molecule has 5 saturated carbocycles. The fourth-order valence-corrected chi connectivity index (χ4v) is 21.6. The van der Waals surface area contributed by atoms with Crippen molar-refractivity contribution in [1.82, 2.24) is 29.4 Å². The quantitative estimate of drug-likeness (QED) is 0.0351. The number of halogens is 2. The molecule has 21 heteroatoms. The molecule has 19 nitrogen and oxygen atoms in total. The molecule has 4 aliphatic heterocycles. The molecular weight excluding hydrogens is 1670 g/mol. The van der Waals surface area contributed by atoms with Crippen molar-refractivity contribution < 1.29 is 61.7 Å². The van der Waals surface area contributed by atoms with Crippen LogP contribution in [0.2, 0.25) is 10.0 Å². The first-order valence-corrected chi connectivity index (χ1v) is 50.4. The zero-order valence-corrected chi connectivity index (χ0v) is 80.5. The van der Waals surface area contributed by atoms with Crippen LogP contribution in [-0.4, -0.2) is 281 Å². The van der Waals surface area contributed by atoms with E-state index in [1.54, 1.807) is 35.4 Å². The van der Waals surface area contributed by atoms with Crippen LogP contribution in [0.25, 0.3) is 32.3 Å². The van der Waals surface area contributed by atoms with E-state index in [9.17, 15) is 9.59 Å². The lowest BCUT2D eigenvalue weighted by Gasteiger charge is -2.43. The molecule has 1 amide bonds. The van der Waals surface area contributed by atoms with Crippen LogP contribution >= 0.6 is 23.2 Å². The van der Waals surface area contributed by atoms with Gasteiger partial charge in [-0.1, -0.05) is 227 Å². The van der Waals surface area contributed by atoms with Crippen LogP contribution in [0.4, 0.5) is 0 Å². The monoisotopic (exact) mass is 1820 g/mol. The van der Waals surface area contributed by atoms with Crippen LogP contribution < -0.4 is 9.47 Å². The molecule has 130 heavy (non-hydrogen) atoms. The number of ether oxygens (including phenoxy) is 11. The van der Waals surface area contributed by atoms with Gasteiger partial charge in [0, 0.05) is 136 Å². The van der Waals surface area contributed by atoms with Crippen molar-refractivity contribution in [2.45, 2.75) is 241 Å². The summed E-state index contributed by atoms with van der Waals surface area (Å²) in [6.45, 7) is 21.8. The molecule has 9 aliphatic rings. The van der Waals surface area contributed by atoms with E-state index in [-0.39, 0.29) is 12.0 Å². The highest BCUT2D eigenvalue weighted by molar-refractivity contribution is 6.42. The van der Waals surface area contributed by atoms with Gasteiger partial charge in [0.05, 0.1) is 127 Å². The molecule has 0 bridgehead atoms. The number of morpholine rings is 2. The number of ketones is 1. The van der Waals surface area contributed by atoms with Gasteiger partial charge in [-0.2, -0.15) is 0 Å². The lowest BCUT2D eigenvalue weighted by atomic mass is 9.90. The Morgan fingerprint density at radius 3 is 1.30 bits per heavy atom. The van der Waals surface area contributed by atoms with Gasteiger partial charge >= 0.3 is 0 Å². The highest BCUT2D eigenvalue weighted by atomic mass is 35.5. The molecule has 4 saturated heterocycles. The molecule has 9 fully saturated rings. The molecule has 0 aromatic heterocycles. The minimum absolute atomic E-state index is 0.200. The lowest BCUT2D eigenvalue weighted by Crippen LogP contribution is -2.55. The number of likely N-dealkylation sites (tertiary alicyclic amines) is 1.